The molecule has 0 spiro atoms. The topological polar surface area (TPSA) is 81.6 Å². The number of hydrogen-bond acceptors (Lipinski definition) is 6. The molecular formula is C19H29IN8. The first kappa shape index (κ1) is 22.3. The molecule has 8 nitrogen and oxygen atoms in total. The predicted molar refractivity (Wildman–Crippen MR) is 123 cm³/mol. The van der Waals surface area contributed by atoms with Crippen LogP contribution in [0.25, 0.3) is 0 Å². The molecule has 1 fully saturated rings. The van der Waals surface area contributed by atoms with Crippen LogP contribution < -0.4 is 15.5 Å². The quantitative estimate of drug-likeness (QED) is 0.260. The van der Waals surface area contributed by atoms with E-state index in [1.165, 1.54) is 0 Å². The summed E-state index contributed by atoms with van der Waals surface area (Å²) in [5.41, 5.74) is 1.00. The normalized spacial score (nSPS) is 15.0. The smallest absolute Gasteiger partial charge is 0.225 e. The number of aromatic nitrogens is 3. The van der Waals surface area contributed by atoms with Gasteiger partial charge in [0.05, 0.1) is 12.2 Å². The summed E-state index contributed by atoms with van der Waals surface area (Å²) >= 11 is 0. The molecule has 1 saturated heterocycles. The van der Waals surface area contributed by atoms with Crippen molar-refractivity contribution in [3.63, 3.8) is 0 Å². The molecule has 0 bridgehead atoms. The number of pyridine rings is 1. The van der Waals surface area contributed by atoms with Crippen molar-refractivity contribution in [1.29, 1.82) is 0 Å². The highest BCUT2D eigenvalue weighted by molar-refractivity contribution is 14.0. The average molecular weight is 496 g/mol. The van der Waals surface area contributed by atoms with Crippen LogP contribution in [0.5, 0.6) is 0 Å². The molecule has 0 aromatic carbocycles. The average Bonchev–Trinajstić information content (AvgIpc) is 2.75. The number of nitrogens with zero attached hydrogens (tertiary/aromatic N) is 6. The predicted octanol–water partition coefficient (Wildman–Crippen LogP) is 1.37. The van der Waals surface area contributed by atoms with Crippen LogP contribution in [-0.2, 0) is 6.54 Å². The molecule has 3 rings (SSSR count). The number of hydrogen-bond donors (Lipinski definition) is 2. The Morgan fingerprint density at radius 2 is 1.75 bits per heavy atom. The van der Waals surface area contributed by atoms with Crippen LogP contribution >= 0.6 is 24.0 Å². The summed E-state index contributed by atoms with van der Waals surface area (Å²) in [6.45, 7) is 6.69. The van der Waals surface area contributed by atoms with Crippen molar-refractivity contribution in [2.45, 2.75) is 13.0 Å². The Balaban J connectivity index is 0.00000280. The number of aliphatic imine (C=N–C) groups is 1. The van der Waals surface area contributed by atoms with Gasteiger partial charge in [-0.15, -0.1) is 24.0 Å². The Hall–Kier alpha value is -2.01. The van der Waals surface area contributed by atoms with Gasteiger partial charge in [-0.1, -0.05) is 6.07 Å². The van der Waals surface area contributed by atoms with E-state index in [0.29, 0.717) is 6.54 Å². The molecule has 0 saturated carbocycles. The van der Waals surface area contributed by atoms with Crippen LogP contribution in [0.15, 0.2) is 47.8 Å². The maximum atomic E-state index is 4.33. The number of guanidine groups is 1. The van der Waals surface area contributed by atoms with E-state index in [4.69, 9.17) is 0 Å². The van der Waals surface area contributed by atoms with E-state index < -0.39 is 0 Å². The molecule has 3 heterocycles. The van der Waals surface area contributed by atoms with E-state index in [-0.39, 0.29) is 24.0 Å². The molecule has 0 atom stereocenters. The Morgan fingerprint density at radius 1 is 1.00 bits per heavy atom. The van der Waals surface area contributed by atoms with Gasteiger partial charge < -0.3 is 15.5 Å². The van der Waals surface area contributed by atoms with Crippen LogP contribution in [0.2, 0.25) is 0 Å². The summed E-state index contributed by atoms with van der Waals surface area (Å²) in [5, 5.41) is 6.66. The van der Waals surface area contributed by atoms with Crippen molar-refractivity contribution in [2.24, 2.45) is 4.99 Å². The SMILES string of the molecule is CN=C(NCCCN1CCN(c2ncccn2)CC1)NCc1ccccn1.I. The fourth-order valence-electron chi connectivity index (χ4n) is 3.03. The van der Waals surface area contributed by atoms with Crippen molar-refractivity contribution >= 4 is 35.9 Å². The van der Waals surface area contributed by atoms with Gasteiger partial charge in [0.1, 0.15) is 0 Å². The second kappa shape index (κ2) is 12.4. The first-order chi connectivity index (χ1) is 13.3. The zero-order chi connectivity index (χ0) is 18.7. The van der Waals surface area contributed by atoms with Crippen LogP contribution in [0.4, 0.5) is 5.95 Å². The van der Waals surface area contributed by atoms with Gasteiger partial charge in [-0.05, 0) is 31.2 Å². The van der Waals surface area contributed by atoms with Gasteiger partial charge in [-0.25, -0.2) is 9.97 Å². The zero-order valence-electron chi connectivity index (χ0n) is 16.3. The number of piperazine rings is 1. The van der Waals surface area contributed by atoms with E-state index >= 15 is 0 Å². The highest BCUT2D eigenvalue weighted by Crippen LogP contribution is 2.09. The van der Waals surface area contributed by atoms with E-state index in [1.54, 1.807) is 25.6 Å². The van der Waals surface area contributed by atoms with E-state index in [9.17, 15) is 0 Å². The highest BCUT2D eigenvalue weighted by atomic mass is 127. The van der Waals surface area contributed by atoms with Gasteiger partial charge in [-0.2, -0.15) is 0 Å². The summed E-state index contributed by atoms with van der Waals surface area (Å²) in [6, 6.07) is 7.76. The van der Waals surface area contributed by atoms with Gasteiger partial charge in [0.2, 0.25) is 5.95 Å². The van der Waals surface area contributed by atoms with Gasteiger partial charge in [0.15, 0.2) is 5.96 Å². The fraction of sp³-hybridized carbons (Fsp3) is 0.474. The molecule has 0 unspecified atom stereocenters. The zero-order valence-corrected chi connectivity index (χ0v) is 18.6. The number of rotatable bonds is 7. The van der Waals surface area contributed by atoms with E-state index in [1.807, 2.05) is 24.3 Å². The van der Waals surface area contributed by atoms with Gasteiger partial charge in [-0.3, -0.25) is 14.9 Å². The summed E-state index contributed by atoms with van der Waals surface area (Å²) in [5.74, 6) is 1.65. The molecule has 0 aliphatic carbocycles. The molecule has 28 heavy (non-hydrogen) atoms. The van der Waals surface area contributed by atoms with Crippen LogP contribution in [0.3, 0.4) is 0 Å². The monoisotopic (exact) mass is 496 g/mol. The van der Waals surface area contributed by atoms with Crippen LogP contribution in [0, 0.1) is 0 Å². The largest absolute Gasteiger partial charge is 0.356 e. The Labute approximate surface area is 183 Å². The lowest BCUT2D eigenvalue weighted by atomic mass is 10.3. The summed E-state index contributed by atoms with van der Waals surface area (Å²) in [6.07, 6.45) is 6.48. The highest BCUT2D eigenvalue weighted by Gasteiger charge is 2.18. The minimum absolute atomic E-state index is 0. The number of anilines is 1. The maximum Gasteiger partial charge on any atom is 0.225 e. The summed E-state index contributed by atoms with van der Waals surface area (Å²) in [4.78, 5) is 22.0. The van der Waals surface area contributed by atoms with Gasteiger partial charge >= 0.3 is 0 Å². The summed E-state index contributed by atoms with van der Waals surface area (Å²) in [7, 11) is 1.79. The van der Waals surface area contributed by atoms with E-state index in [2.05, 4.69) is 40.4 Å². The second-order valence-electron chi connectivity index (χ2n) is 6.40. The lowest BCUT2D eigenvalue weighted by Gasteiger charge is -2.34. The molecule has 1 aliphatic heterocycles. The van der Waals surface area contributed by atoms with Crippen LogP contribution in [0.1, 0.15) is 12.1 Å². The molecule has 2 aromatic rings. The molecule has 1 aliphatic rings. The lowest BCUT2D eigenvalue weighted by Crippen LogP contribution is -2.47. The van der Waals surface area contributed by atoms with Crippen molar-refractivity contribution < 1.29 is 0 Å². The van der Waals surface area contributed by atoms with Gasteiger partial charge in [0, 0.05) is 58.4 Å². The minimum Gasteiger partial charge on any atom is -0.356 e. The van der Waals surface area contributed by atoms with Crippen molar-refractivity contribution in [2.75, 3.05) is 51.2 Å². The molecule has 0 amide bonds. The lowest BCUT2D eigenvalue weighted by molar-refractivity contribution is 0.254. The van der Waals surface area contributed by atoms with Crippen molar-refractivity contribution in [3.05, 3.63) is 48.5 Å². The Kier molecular flexibility index (Phi) is 9.91. The van der Waals surface area contributed by atoms with Crippen molar-refractivity contribution in [1.82, 2.24) is 30.5 Å². The van der Waals surface area contributed by atoms with Crippen LogP contribution in [-0.4, -0.2) is 72.1 Å². The second-order valence-corrected chi connectivity index (χ2v) is 6.40. The minimum atomic E-state index is 0. The fourth-order valence-corrected chi connectivity index (χ4v) is 3.03. The third kappa shape index (κ3) is 7.19. The number of halogens is 1. The van der Waals surface area contributed by atoms with Crippen molar-refractivity contribution in [3.8, 4) is 0 Å². The number of nitrogens with one attached hydrogen (secondary N) is 2. The molecule has 0 radical (unpaired) electrons. The third-order valence-electron chi connectivity index (χ3n) is 4.54. The first-order valence-corrected chi connectivity index (χ1v) is 9.44. The molecule has 2 N–H and O–H groups in total. The Bertz CT molecular complexity index is 690. The molecule has 152 valence electrons. The first-order valence-electron chi connectivity index (χ1n) is 9.44. The van der Waals surface area contributed by atoms with Gasteiger partial charge in [0.25, 0.3) is 0 Å². The Morgan fingerprint density at radius 3 is 2.43 bits per heavy atom. The van der Waals surface area contributed by atoms with E-state index in [0.717, 1.165) is 63.3 Å². The molecule has 9 heteroatoms. The molecule has 2 aromatic heterocycles. The molecular weight excluding hydrogens is 467 g/mol. The summed E-state index contributed by atoms with van der Waals surface area (Å²) < 4.78 is 0. The maximum absolute atomic E-state index is 4.33. The standard InChI is InChI=1S/C19H28N8.HI/c1-20-18(25-16-17-6-2-3-7-21-17)22-10-5-11-26-12-14-27(15-13-26)19-23-8-4-9-24-19;/h2-4,6-9H,5,10-16H2,1H3,(H2,20,22,25);1H. The third-order valence-corrected chi connectivity index (χ3v) is 4.54.